The van der Waals surface area contributed by atoms with Crippen molar-refractivity contribution in [3.63, 3.8) is 0 Å². The summed E-state index contributed by atoms with van der Waals surface area (Å²) in [7, 11) is 0. The number of rotatable bonds is 6. The molecule has 0 radical (unpaired) electrons. The van der Waals surface area contributed by atoms with Gasteiger partial charge in [-0.3, -0.25) is 14.9 Å². The number of aryl methyl sites for hydroxylation is 1. The van der Waals surface area contributed by atoms with E-state index in [1.807, 2.05) is 31.2 Å². The van der Waals surface area contributed by atoms with Gasteiger partial charge in [-0.1, -0.05) is 31.2 Å². The quantitative estimate of drug-likeness (QED) is 0.644. The number of nitro groups is 1. The molecular weight excluding hydrogens is 308 g/mol. The zero-order valence-electron chi connectivity index (χ0n) is 13.9. The highest BCUT2D eigenvalue weighted by molar-refractivity contribution is 5.95. The summed E-state index contributed by atoms with van der Waals surface area (Å²) in [6.07, 6.45) is 0.0745. The van der Waals surface area contributed by atoms with E-state index in [-0.39, 0.29) is 11.6 Å². The van der Waals surface area contributed by atoms with Crippen LogP contribution in [0.3, 0.4) is 0 Å². The number of hydrogen-bond donors (Lipinski definition) is 1. The van der Waals surface area contributed by atoms with Gasteiger partial charge >= 0.3 is 0 Å². The fourth-order valence-electron chi connectivity index (χ4n) is 2.35. The lowest BCUT2D eigenvalue weighted by atomic mass is 10.1. The molecular formula is C18H20N2O4. The van der Waals surface area contributed by atoms with Crippen LogP contribution >= 0.6 is 0 Å². The first-order chi connectivity index (χ1) is 11.4. The highest BCUT2D eigenvalue weighted by atomic mass is 16.6. The van der Waals surface area contributed by atoms with Gasteiger partial charge in [0, 0.05) is 6.07 Å². The van der Waals surface area contributed by atoms with Crippen LogP contribution < -0.4 is 10.1 Å². The highest BCUT2D eigenvalue weighted by Crippen LogP contribution is 2.25. The van der Waals surface area contributed by atoms with Crippen molar-refractivity contribution in [1.82, 2.24) is 0 Å². The Morgan fingerprint density at radius 3 is 2.62 bits per heavy atom. The lowest BCUT2D eigenvalue weighted by Crippen LogP contribution is -2.30. The van der Waals surface area contributed by atoms with E-state index in [2.05, 4.69) is 5.32 Å². The second-order valence-electron chi connectivity index (χ2n) is 5.42. The summed E-state index contributed by atoms with van der Waals surface area (Å²) < 4.78 is 5.74. The van der Waals surface area contributed by atoms with Crippen LogP contribution in [0, 0.1) is 17.0 Å². The molecule has 0 spiro atoms. The van der Waals surface area contributed by atoms with Gasteiger partial charge in [-0.2, -0.15) is 0 Å². The van der Waals surface area contributed by atoms with Crippen molar-refractivity contribution in [2.45, 2.75) is 33.3 Å². The summed E-state index contributed by atoms with van der Waals surface area (Å²) >= 11 is 0. The lowest BCUT2D eigenvalue weighted by molar-refractivity contribution is -0.385. The van der Waals surface area contributed by atoms with Crippen LogP contribution in [0.2, 0.25) is 0 Å². The average Bonchev–Trinajstić information content (AvgIpc) is 2.56. The van der Waals surface area contributed by atoms with Crippen LogP contribution in [0.5, 0.6) is 5.75 Å². The molecule has 6 nitrogen and oxygen atoms in total. The third kappa shape index (κ3) is 3.90. The summed E-state index contributed by atoms with van der Waals surface area (Å²) in [5.74, 6) is 0.308. The summed E-state index contributed by atoms with van der Waals surface area (Å²) in [6.45, 7) is 5.26. The van der Waals surface area contributed by atoms with E-state index in [0.717, 1.165) is 12.0 Å². The predicted octanol–water partition coefficient (Wildman–Crippen LogP) is 3.87. The van der Waals surface area contributed by atoms with E-state index in [0.29, 0.717) is 17.0 Å². The Morgan fingerprint density at radius 1 is 1.25 bits per heavy atom. The van der Waals surface area contributed by atoms with Crippen molar-refractivity contribution >= 4 is 17.3 Å². The average molecular weight is 328 g/mol. The van der Waals surface area contributed by atoms with Gasteiger partial charge in [-0.15, -0.1) is 0 Å². The lowest BCUT2D eigenvalue weighted by Gasteiger charge is -2.17. The maximum Gasteiger partial charge on any atom is 0.274 e. The first-order valence-electron chi connectivity index (χ1n) is 7.73. The minimum atomic E-state index is -0.726. The molecule has 0 unspecified atom stereocenters. The molecule has 0 saturated heterocycles. The number of carbonyl (C=O) groups excluding carboxylic acids is 1. The Morgan fingerprint density at radius 2 is 1.96 bits per heavy atom. The number of nitrogens with zero attached hydrogens (tertiary/aromatic N) is 1. The molecule has 126 valence electrons. The molecule has 2 aromatic carbocycles. The normalized spacial score (nSPS) is 11.6. The SMILES string of the molecule is CCc1ccccc1O[C@H](C)C(=O)Nc1cccc([N+](=O)[O-])c1C. The Hall–Kier alpha value is -2.89. The molecule has 0 aromatic heterocycles. The molecule has 0 aliphatic carbocycles. The van der Waals surface area contributed by atoms with Crippen LogP contribution in [-0.2, 0) is 11.2 Å². The standard InChI is InChI=1S/C18H20N2O4/c1-4-14-8-5-6-11-17(14)24-13(3)18(21)19-15-9-7-10-16(12(15)2)20(22)23/h5-11,13H,4H2,1-3H3,(H,19,21)/t13-/m1/s1. The molecule has 0 aliphatic rings. The predicted molar refractivity (Wildman–Crippen MR) is 92.4 cm³/mol. The molecule has 2 aromatic rings. The number of carbonyl (C=O) groups is 1. The van der Waals surface area contributed by atoms with Gasteiger partial charge in [-0.05, 0) is 38.0 Å². The first-order valence-corrected chi connectivity index (χ1v) is 7.73. The molecule has 6 heteroatoms. The van der Waals surface area contributed by atoms with E-state index in [9.17, 15) is 14.9 Å². The van der Waals surface area contributed by atoms with E-state index in [1.165, 1.54) is 6.07 Å². The van der Waals surface area contributed by atoms with Crippen LogP contribution in [-0.4, -0.2) is 16.9 Å². The summed E-state index contributed by atoms with van der Waals surface area (Å²) in [5.41, 5.74) is 1.81. The van der Waals surface area contributed by atoms with Gasteiger partial charge in [0.2, 0.25) is 0 Å². The number of hydrogen-bond acceptors (Lipinski definition) is 4. The molecule has 0 bridgehead atoms. The van der Waals surface area contributed by atoms with Crippen LogP contribution in [0.4, 0.5) is 11.4 Å². The second kappa shape index (κ2) is 7.59. The van der Waals surface area contributed by atoms with E-state index in [4.69, 9.17) is 4.74 Å². The Labute approximate surface area is 140 Å². The molecule has 0 aliphatic heterocycles. The highest BCUT2D eigenvalue weighted by Gasteiger charge is 2.19. The molecule has 0 heterocycles. The fraction of sp³-hybridized carbons (Fsp3) is 0.278. The van der Waals surface area contributed by atoms with Gasteiger partial charge in [0.05, 0.1) is 16.2 Å². The number of para-hydroxylation sites is 1. The van der Waals surface area contributed by atoms with E-state index in [1.54, 1.807) is 26.0 Å². The first kappa shape index (κ1) is 17.5. The summed E-state index contributed by atoms with van der Waals surface area (Å²) in [6, 6.07) is 12.1. The van der Waals surface area contributed by atoms with Crippen LogP contribution in [0.15, 0.2) is 42.5 Å². The minimum Gasteiger partial charge on any atom is -0.481 e. The van der Waals surface area contributed by atoms with Gasteiger partial charge in [0.1, 0.15) is 5.75 Å². The monoisotopic (exact) mass is 328 g/mol. The van der Waals surface area contributed by atoms with Crippen molar-refractivity contribution in [3.8, 4) is 5.75 Å². The molecule has 0 fully saturated rings. The molecule has 1 N–H and O–H groups in total. The third-order valence-electron chi connectivity index (χ3n) is 3.79. The largest absolute Gasteiger partial charge is 0.481 e. The number of ether oxygens (including phenoxy) is 1. The smallest absolute Gasteiger partial charge is 0.274 e. The summed E-state index contributed by atoms with van der Waals surface area (Å²) in [5, 5.41) is 13.7. The van der Waals surface area contributed by atoms with E-state index >= 15 is 0 Å². The Bertz CT molecular complexity index is 758. The number of anilines is 1. The topological polar surface area (TPSA) is 81.5 Å². The van der Waals surface area contributed by atoms with Crippen molar-refractivity contribution < 1.29 is 14.5 Å². The molecule has 1 atom stereocenters. The molecule has 0 saturated carbocycles. The van der Waals surface area contributed by atoms with Crippen molar-refractivity contribution in [3.05, 3.63) is 63.7 Å². The van der Waals surface area contributed by atoms with Gasteiger partial charge in [0.25, 0.3) is 11.6 Å². The van der Waals surface area contributed by atoms with Crippen molar-refractivity contribution in [2.75, 3.05) is 5.32 Å². The van der Waals surface area contributed by atoms with Gasteiger partial charge < -0.3 is 10.1 Å². The van der Waals surface area contributed by atoms with Crippen LogP contribution in [0.25, 0.3) is 0 Å². The molecule has 2 rings (SSSR count). The molecule has 1 amide bonds. The maximum atomic E-state index is 12.3. The maximum absolute atomic E-state index is 12.3. The Kier molecular flexibility index (Phi) is 5.52. The number of amides is 1. The van der Waals surface area contributed by atoms with E-state index < -0.39 is 11.0 Å². The number of nitro benzene ring substituents is 1. The zero-order valence-corrected chi connectivity index (χ0v) is 13.9. The minimum absolute atomic E-state index is 0.0299. The summed E-state index contributed by atoms with van der Waals surface area (Å²) in [4.78, 5) is 22.8. The number of nitrogens with one attached hydrogen (secondary N) is 1. The molecule has 24 heavy (non-hydrogen) atoms. The van der Waals surface area contributed by atoms with Crippen LogP contribution in [0.1, 0.15) is 25.0 Å². The fourth-order valence-corrected chi connectivity index (χ4v) is 2.35. The number of benzene rings is 2. The zero-order chi connectivity index (χ0) is 17.7. The van der Waals surface area contributed by atoms with Gasteiger partial charge in [-0.25, -0.2) is 0 Å². The van der Waals surface area contributed by atoms with Crippen molar-refractivity contribution in [2.24, 2.45) is 0 Å². The third-order valence-corrected chi connectivity index (χ3v) is 3.79. The second-order valence-corrected chi connectivity index (χ2v) is 5.42. The Balaban J connectivity index is 2.12. The van der Waals surface area contributed by atoms with Crippen molar-refractivity contribution in [1.29, 1.82) is 0 Å². The van der Waals surface area contributed by atoms with Gasteiger partial charge in [0.15, 0.2) is 6.10 Å².